The minimum absolute atomic E-state index is 0.0267. The van der Waals surface area contributed by atoms with E-state index in [1.165, 1.54) is 0 Å². The summed E-state index contributed by atoms with van der Waals surface area (Å²) in [5, 5.41) is 6.29. The molecular weight excluding hydrogens is 377 g/mol. The van der Waals surface area contributed by atoms with Gasteiger partial charge >= 0.3 is 0 Å². The van der Waals surface area contributed by atoms with Crippen LogP contribution in [-0.4, -0.2) is 44.0 Å². The minimum Gasteiger partial charge on any atom is -0.497 e. The molecule has 0 aromatic heterocycles. The fourth-order valence-electron chi connectivity index (χ4n) is 2.20. The number of methoxy groups -OCH3 is 1. The number of hydrogen-bond acceptors (Lipinski definition) is 4. The third-order valence-electron chi connectivity index (χ3n) is 3.40. The van der Waals surface area contributed by atoms with Crippen molar-refractivity contribution >= 4 is 46.4 Å². The van der Waals surface area contributed by atoms with E-state index in [0.29, 0.717) is 27.2 Å². The second-order valence-corrected chi connectivity index (χ2v) is 6.46. The van der Waals surface area contributed by atoms with Gasteiger partial charge in [0, 0.05) is 10.7 Å². The zero-order chi connectivity index (χ0) is 19.1. The molecule has 6 nitrogen and oxygen atoms in total. The predicted octanol–water partition coefficient (Wildman–Crippen LogP) is 3.51. The molecule has 0 bridgehead atoms. The van der Waals surface area contributed by atoms with Gasteiger partial charge in [-0.05, 0) is 49.5 Å². The van der Waals surface area contributed by atoms with E-state index in [2.05, 4.69) is 10.6 Å². The Kier molecular flexibility index (Phi) is 7.26. The number of nitrogens with one attached hydrogen (secondary N) is 2. The molecule has 0 fully saturated rings. The standard InChI is InChI=1S/C18H19Cl2N3O3/c1-23(10-17(24)21-13-4-6-14(26-2)7-5-13)11-18(25)22-16-9-12(19)3-8-15(16)20/h3-9H,10-11H2,1-2H3,(H,21,24)(H,22,25). The molecule has 2 aromatic carbocycles. The van der Waals surface area contributed by atoms with Crippen molar-refractivity contribution in [2.24, 2.45) is 0 Å². The molecule has 2 rings (SSSR count). The van der Waals surface area contributed by atoms with Gasteiger partial charge in [0.2, 0.25) is 11.8 Å². The zero-order valence-corrected chi connectivity index (χ0v) is 15.9. The Balaban J connectivity index is 1.82. The van der Waals surface area contributed by atoms with E-state index in [1.54, 1.807) is 61.5 Å². The average molecular weight is 396 g/mol. The van der Waals surface area contributed by atoms with E-state index in [-0.39, 0.29) is 24.9 Å². The van der Waals surface area contributed by atoms with Crippen LogP contribution in [0, 0.1) is 0 Å². The van der Waals surface area contributed by atoms with Crippen LogP contribution >= 0.6 is 23.2 Å². The Morgan fingerprint density at radius 3 is 2.23 bits per heavy atom. The third-order valence-corrected chi connectivity index (χ3v) is 3.97. The highest BCUT2D eigenvalue weighted by Gasteiger charge is 2.12. The number of benzene rings is 2. The van der Waals surface area contributed by atoms with Crippen LogP contribution in [0.15, 0.2) is 42.5 Å². The second kappa shape index (κ2) is 9.43. The summed E-state index contributed by atoms with van der Waals surface area (Å²) in [5.74, 6) is 0.177. The van der Waals surface area contributed by atoms with Gasteiger partial charge < -0.3 is 15.4 Å². The predicted molar refractivity (Wildman–Crippen MR) is 104 cm³/mol. The van der Waals surface area contributed by atoms with Crippen LogP contribution in [0.5, 0.6) is 5.75 Å². The number of likely N-dealkylation sites (N-methyl/N-ethyl adjacent to an activating group) is 1. The van der Waals surface area contributed by atoms with Crippen molar-refractivity contribution in [1.82, 2.24) is 4.90 Å². The van der Waals surface area contributed by atoms with Crippen molar-refractivity contribution in [1.29, 1.82) is 0 Å². The monoisotopic (exact) mass is 395 g/mol. The van der Waals surface area contributed by atoms with Crippen LogP contribution in [0.4, 0.5) is 11.4 Å². The number of rotatable bonds is 7. The Labute approximate surface area is 162 Å². The topological polar surface area (TPSA) is 70.7 Å². The molecule has 0 aliphatic carbocycles. The fourth-order valence-corrected chi connectivity index (χ4v) is 2.54. The van der Waals surface area contributed by atoms with Crippen molar-refractivity contribution in [2.75, 3.05) is 37.9 Å². The quantitative estimate of drug-likeness (QED) is 0.752. The summed E-state index contributed by atoms with van der Waals surface area (Å²) in [6.45, 7) is 0.0849. The minimum atomic E-state index is -0.297. The van der Waals surface area contributed by atoms with E-state index in [0.717, 1.165) is 0 Å². The molecular formula is C18H19Cl2N3O3. The van der Waals surface area contributed by atoms with Gasteiger partial charge in [-0.3, -0.25) is 14.5 Å². The fraction of sp³-hybridized carbons (Fsp3) is 0.222. The first-order valence-electron chi connectivity index (χ1n) is 7.74. The van der Waals surface area contributed by atoms with Crippen LogP contribution in [0.1, 0.15) is 0 Å². The molecule has 0 saturated heterocycles. The van der Waals surface area contributed by atoms with Gasteiger partial charge in [0.25, 0.3) is 0 Å². The van der Waals surface area contributed by atoms with Gasteiger partial charge in [-0.2, -0.15) is 0 Å². The smallest absolute Gasteiger partial charge is 0.238 e. The van der Waals surface area contributed by atoms with Gasteiger partial charge in [-0.15, -0.1) is 0 Å². The molecule has 0 radical (unpaired) electrons. The number of hydrogen-bond donors (Lipinski definition) is 2. The molecule has 8 heteroatoms. The van der Waals surface area contributed by atoms with Crippen molar-refractivity contribution in [3.05, 3.63) is 52.5 Å². The molecule has 0 saturated carbocycles. The molecule has 2 aromatic rings. The number of halogens is 2. The Bertz CT molecular complexity index is 782. The van der Waals surface area contributed by atoms with E-state index in [9.17, 15) is 9.59 Å². The van der Waals surface area contributed by atoms with Gasteiger partial charge in [0.05, 0.1) is 30.9 Å². The maximum atomic E-state index is 12.1. The van der Waals surface area contributed by atoms with Gasteiger partial charge in [0.1, 0.15) is 5.75 Å². The highest BCUT2D eigenvalue weighted by molar-refractivity contribution is 6.35. The van der Waals surface area contributed by atoms with Crippen LogP contribution in [0.2, 0.25) is 10.0 Å². The number of anilines is 2. The van der Waals surface area contributed by atoms with Crippen molar-refractivity contribution in [2.45, 2.75) is 0 Å². The molecule has 0 aliphatic heterocycles. The highest BCUT2D eigenvalue weighted by Crippen LogP contribution is 2.25. The van der Waals surface area contributed by atoms with Crippen LogP contribution < -0.4 is 15.4 Å². The second-order valence-electron chi connectivity index (χ2n) is 5.62. The van der Waals surface area contributed by atoms with E-state index in [1.807, 2.05) is 0 Å². The molecule has 2 N–H and O–H groups in total. The number of nitrogens with zero attached hydrogens (tertiary/aromatic N) is 1. The molecule has 0 atom stereocenters. The molecule has 26 heavy (non-hydrogen) atoms. The summed E-state index contributed by atoms with van der Waals surface area (Å²) in [5.41, 5.74) is 1.08. The van der Waals surface area contributed by atoms with Crippen molar-refractivity contribution in [3.63, 3.8) is 0 Å². The summed E-state index contributed by atoms with van der Waals surface area (Å²) >= 11 is 11.9. The van der Waals surface area contributed by atoms with Crippen LogP contribution in [-0.2, 0) is 9.59 Å². The van der Waals surface area contributed by atoms with Crippen molar-refractivity contribution in [3.8, 4) is 5.75 Å². The molecule has 0 heterocycles. The van der Waals surface area contributed by atoms with Gasteiger partial charge in [-0.1, -0.05) is 23.2 Å². The lowest BCUT2D eigenvalue weighted by Crippen LogP contribution is -2.36. The summed E-state index contributed by atoms with van der Waals surface area (Å²) in [6.07, 6.45) is 0. The molecule has 0 unspecified atom stereocenters. The first-order valence-corrected chi connectivity index (χ1v) is 8.50. The van der Waals surface area contributed by atoms with Crippen LogP contribution in [0.25, 0.3) is 0 Å². The van der Waals surface area contributed by atoms with Crippen molar-refractivity contribution < 1.29 is 14.3 Å². The van der Waals surface area contributed by atoms with E-state index < -0.39 is 0 Å². The normalized spacial score (nSPS) is 10.5. The van der Waals surface area contributed by atoms with E-state index in [4.69, 9.17) is 27.9 Å². The lowest BCUT2D eigenvalue weighted by molar-refractivity contribution is -0.119. The van der Waals surface area contributed by atoms with Gasteiger partial charge in [-0.25, -0.2) is 0 Å². The first kappa shape index (κ1) is 20.0. The highest BCUT2D eigenvalue weighted by atomic mass is 35.5. The average Bonchev–Trinajstić information content (AvgIpc) is 2.58. The Morgan fingerprint density at radius 1 is 1.00 bits per heavy atom. The molecule has 2 amide bonds. The lowest BCUT2D eigenvalue weighted by atomic mass is 10.3. The van der Waals surface area contributed by atoms with Crippen LogP contribution in [0.3, 0.4) is 0 Å². The SMILES string of the molecule is COc1ccc(NC(=O)CN(C)CC(=O)Nc2cc(Cl)ccc2Cl)cc1. The maximum Gasteiger partial charge on any atom is 0.238 e. The van der Waals surface area contributed by atoms with E-state index >= 15 is 0 Å². The summed E-state index contributed by atoms with van der Waals surface area (Å²) in [6, 6.07) is 11.8. The Morgan fingerprint density at radius 2 is 1.62 bits per heavy atom. The maximum absolute atomic E-state index is 12.1. The first-order chi connectivity index (χ1) is 12.4. The molecule has 0 aliphatic rings. The number of ether oxygens (including phenoxy) is 1. The molecule has 0 spiro atoms. The Hall–Kier alpha value is -2.28. The summed E-state index contributed by atoms with van der Waals surface area (Å²) in [4.78, 5) is 25.7. The number of amides is 2. The number of carbonyl (C=O) groups is 2. The lowest BCUT2D eigenvalue weighted by Gasteiger charge is -2.16. The summed E-state index contributed by atoms with van der Waals surface area (Å²) < 4.78 is 5.06. The molecule has 138 valence electrons. The summed E-state index contributed by atoms with van der Waals surface area (Å²) in [7, 11) is 3.25. The largest absolute Gasteiger partial charge is 0.497 e. The van der Waals surface area contributed by atoms with Gasteiger partial charge in [0.15, 0.2) is 0 Å². The third kappa shape index (κ3) is 6.22. The number of carbonyl (C=O) groups excluding carboxylic acids is 2. The zero-order valence-electron chi connectivity index (χ0n) is 14.4.